The fraction of sp³-hybridized carbons (Fsp3) is 0.500. The highest BCUT2D eigenvalue weighted by Gasteiger charge is 2.18. The SMILES string of the molecule is Cc1cc(C)c(C(C)C(C)Cl)c(F)c1. The van der Waals surface area contributed by atoms with E-state index in [4.69, 9.17) is 11.6 Å². The van der Waals surface area contributed by atoms with E-state index in [0.29, 0.717) is 0 Å². The monoisotopic (exact) mass is 214 g/mol. The van der Waals surface area contributed by atoms with E-state index in [1.807, 2.05) is 33.8 Å². The molecule has 1 rings (SSSR count). The molecule has 0 aromatic heterocycles. The van der Waals surface area contributed by atoms with E-state index in [0.717, 1.165) is 16.7 Å². The molecule has 1 aromatic rings. The van der Waals surface area contributed by atoms with Gasteiger partial charge < -0.3 is 0 Å². The van der Waals surface area contributed by atoms with Crippen LogP contribution in [0.1, 0.15) is 36.5 Å². The van der Waals surface area contributed by atoms with Gasteiger partial charge in [-0.3, -0.25) is 0 Å². The van der Waals surface area contributed by atoms with E-state index in [9.17, 15) is 4.39 Å². The first-order chi connectivity index (χ1) is 6.43. The Morgan fingerprint density at radius 2 is 1.79 bits per heavy atom. The minimum absolute atomic E-state index is 0.0501. The lowest BCUT2D eigenvalue weighted by atomic mass is 9.92. The fourth-order valence-electron chi connectivity index (χ4n) is 1.73. The Hall–Kier alpha value is -0.560. The van der Waals surface area contributed by atoms with Crippen LogP contribution in [0.15, 0.2) is 12.1 Å². The van der Waals surface area contributed by atoms with Crippen molar-refractivity contribution in [3.8, 4) is 0 Å². The first-order valence-corrected chi connectivity index (χ1v) is 5.28. The number of benzene rings is 1. The quantitative estimate of drug-likeness (QED) is 0.649. The summed E-state index contributed by atoms with van der Waals surface area (Å²) in [6.45, 7) is 7.68. The average molecular weight is 215 g/mol. The zero-order chi connectivity index (χ0) is 10.9. The highest BCUT2D eigenvalue weighted by atomic mass is 35.5. The molecule has 0 saturated heterocycles. The van der Waals surface area contributed by atoms with Crippen molar-refractivity contribution in [1.29, 1.82) is 0 Å². The normalized spacial score (nSPS) is 15.3. The minimum atomic E-state index is -0.137. The lowest BCUT2D eigenvalue weighted by Gasteiger charge is -2.18. The first-order valence-electron chi connectivity index (χ1n) is 4.84. The molecule has 0 nitrogen and oxygen atoms in total. The van der Waals surface area contributed by atoms with Gasteiger partial charge in [-0.05, 0) is 43.5 Å². The highest BCUT2D eigenvalue weighted by Crippen LogP contribution is 2.28. The van der Waals surface area contributed by atoms with Gasteiger partial charge in [0.1, 0.15) is 5.82 Å². The minimum Gasteiger partial charge on any atom is -0.207 e. The number of aryl methyl sites for hydroxylation is 2. The maximum Gasteiger partial charge on any atom is 0.127 e. The topological polar surface area (TPSA) is 0 Å². The van der Waals surface area contributed by atoms with E-state index in [1.54, 1.807) is 6.07 Å². The van der Waals surface area contributed by atoms with E-state index >= 15 is 0 Å². The summed E-state index contributed by atoms with van der Waals surface area (Å²) in [6, 6.07) is 3.56. The standard InChI is InChI=1S/C12H16ClF/c1-7-5-8(2)12(11(14)6-7)9(3)10(4)13/h5-6,9-10H,1-4H3. The summed E-state index contributed by atoms with van der Waals surface area (Å²) in [5.41, 5.74) is 2.69. The number of rotatable bonds is 2. The number of hydrogen-bond acceptors (Lipinski definition) is 0. The van der Waals surface area contributed by atoms with Crippen molar-refractivity contribution < 1.29 is 4.39 Å². The van der Waals surface area contributed by atoms with E-state index in [-0.39, 0.29) is 17.1 Å². The van der Waals surface area contributed by atoms with Crippen molar-refractivity contribution in [2.24, 2.45) is 0 Å². The molecule has 0 radical (unpaired) electrons. The third-order valence-corrected chi connectivity index (χ3v) is 3.00. The molecular weight excluding hydrogens is 199 g/mol. The lowest BCUT2D eigenvalue weighted by molar-refractivity contribution is 0.581. The molecule has 0 aliphatic heterocycles. The van der Waals surface area contributed by atoms with E-state index in [1.165, 1.54) is 0 Å². The Labute approximate surface area is 90.1 Å². The molecule has 1 aromatic carbocycles. The van der Waals surface area contributed by atoms with Crippen molar-refractivity contribution in [2.75, 3.05) is 0 Å². The van der Waals surface area contributed by atoms with Gasteiger partial charge in [0, 0.05) is 11.3 Å². The van der Waals surface area contributed by atoms with Crippen LogP contribution in [0.2, 0.25) is 0 Å². The molecular formula is C12H16ClF. The summed E-state index contributed by atoms with van der Waals surface area (Å²) in [5.74, 6) is -0.0835. The second-order valence-corrected chi connectivity index (χ2v) is 4.63. The van der Waals surface area contributed by atoms with Gasteiger partial charge in [0.2, 0.25) is 0 Å². The third kappa shape index (κ3) is 2.27. The van der Waals surface area contributed by atoms with E-state index < -0.39 is 0 Å². The van der Waals surface area contributed by atoms with Crippen molar-refractivity contribution >= 4 is 11.6 Å². The average Bonchev–Trinajstić information content (AvgIpc) is 2.01. The van der Waals surface area contributed by atoms with Crippen LogP contribution in [0.25, 0.3) is 0 Å². The molecule has 0 spiro atoms. The molecule has 2 unspecified atom stereocenters. The van der Waals surface area contributed by atoms with Gasteiger partial charge in [-0.15, -0.1) is 11.6 Å². The number of alkyl halides is 1. The van der Waals surface area contributed by atoms with E-state index in [2.05, 4.69) is 0 Å². The van der Waals surface area contributed by atoms with Gasteiger partial charge in [-0.25, -0.2) is 4.39 Å². The van der Waals surface area contributed by atoms with Crippen LogP contribution in [0.5, 0.6) is 0 Å². The second-order valence-electron chi connectivity index (χ2n) is 3.94. The Kier molecular flexibility index (Phi) is 3.54. The molecule has 0 N–H and O–H groups in total. The predicted molar refractivity (Wildman–Crippen MR) is 59.6 cm³/mol. The molecule has 0 heterocycles. The zero-order valence-corrected chi connectivity index (χ0v) is 9.82. The summed E-state index contributed by atoms with van der Waals surface area (Å²) in [5, 5.41) is -0.0501. The maximum absolute atomic E-state index is 13.7. The second kappa shape index (κ2) is 4.31. The van der Waals surface area contributed by atoms with Gasteiger partial charge in [-0.2, -0.15) is 0 Å². The molecule has 0 saturated carbocycles. The highest BCUT2D eigenvalue weighted by molar-refractivity contribution is 6.20. The zero-order valence-electron chi connectivity index (χ0n) is 9.07. The fourth-order valence-corrected chi connectivity index (χ4v) is 1.86. The largest absolute Gasteiger partial charge is 0.207 e. The Morgan fingerprint density at radius 1 is 1.21 bits per heavy atom. The Bertz CT molecular complexity index is 308. The van der Waals surface area contributed by atoms with Gasteiger partial charge >= 0.3 is 0 Å². The molecule has 0 fully saturated rings. The van der Waals surface area contributed by atoms with Gasteiger partial charge in [0.25, 0.3) is 0 Å². The van der Waals surface area contributed by atoms with Crippen LogP contribution in [-0.4, -0.2) is 5.38 Å². The van der Waals surface area contributed by atoms with Crippen molar-refractivity contribution in [1.82, 2.24) is 0 Å². The van der Waals surface area contributed by atoms with Crippen molar-refractivity contribution in [2.45, 2.75) is 39.0 Å². The van der Waals surface area contributed by atoms with Gasteiger partial charge in [-0.1, -0.05) is 13.0 Å². The third-order valence-electron chi connectivity index (χ3n) is 2.63. The van der Waals surface area contributed by atoms with Crippen LogP contribution >= 0.6 is 11.6 Å². The molecule has 0 amide bonds. The van der Waals surface area contributed by atoms with Gasteiger partial charge in [0.15, 0.2) is 0 Å². The van der Waals surface area contributed by atoms with Crippen LogP contribution in [0, 0.1) is 19.7 Å². The summed E-state index contributed by atoms with van der Waals surface area (Å²) < 4.78 is 13.7. The summed E-state index contributed by atoms with van der Waals surface area (Å²) in [4.78, 5) is 0. The molecule has 78 valence electrons. The van der Waals surface area contributed by atoms with Crippen molar-refractivity contribution in [3.05, 3.63) is 34.6 Å². The van der Waals surface area contributed by atoms with Gasteiger partial charge in [0.05, 0.1) is 0 Å². The van der Waals surface area contributed by atoms with Crippen LogP contribution in [0.3, 0.4) is 0 Å². The summed E-state index contributed by atoms with van der Waals surface area (Å²) >= 11 is 5.98. The van der Waals surface area contributed by atoms with Crippen molar-refractivity contribution in [3.63, 3.8) is 0 Å². The van der Waals surface area contributed by atoms with Crippen LogP contribution in [0.4, 0.5) is 4.39 Å². The lowest BCUT2D eigenvalue weighted by Crippen LogP contribution is -2.09. The number of halogens is 2. The molecule has 0 bridgehead atoms. The molecule has 14 heavy (non-hydrogen) atoms. The summed E-state index contributed by atoms with van der Waals surface area (Å²) in [6.07, 6.45) is 0. The van der Waals surface area contributed by atoms with Crippen LogP contribution in [-0.2, 0) is 0 Å². The van der Waals surface area contributed by atoms with Crippen LogP contribution < -0.4 is 0 Å². The maximum atomic E-state index is 13.7. The Morgan fingerprint density at radius 3 is 2.21 bits per heavy atom. The summed E-state index contributed by atoms with van der Waals surface area (Å²) in [7, 11) is 0. The molecule has 0 aliphatic rings. The smallest absolute Gasteiger partial charge is 0.127 e. The molecule has 2 atom stereocenters. The molecule has 2 heteroatoms. The first kappa shape index (κ1) is 11.5. The predicted octanol–water partition coefficient (Wildman–Crippen LogP) is 4.17. The number of hydrogen-bond donors (Lipinski definition) is 0. The Balaban J connectivity index is 3.20. The molecule has 0 aliphatic carbocycles.